The molecule has 5 nitrogen and oxygen atoms in total. The molecule has 0 saturated carbocycles. The van der Waals surface area contributed by atoms with Gasteiger partial charge in [-0.1, -0.05) is 0 Å². The van der Waals surface area contributed by atoms with Crippen LogP contribution in [0.2, 0.25) is 0 Å². The molecule has 19 heavy (non-hydrogen) atoms. The standard InChI is InChI=1S/C13H20N2O3S/c1-13(2,3)18-12(17)15-5-4-9(7-15)6-11-14-10(16)8-19-11/h8-9,16H,4-7H2,1-3H3. The maximum Gasteiger partial charge on any atom is 0.410 e. The zero-order valence-corrected chi connectivity index (χ0v) is 12.4. The van der Waals surface area contributed by atoms with Gasteiger partial charge >= 0.3 is 6.09 Å². The molecule has 0 aromatic carbocycles. The molecular formula is C13H20N2O3S. The lowest BCUT2D eigenvalue weighted by molar-refractivity contribution is 0.0288. The van der Waals surface area contributed by atoms with Gasteiger partial charge < -0.3 is 14.7 Å². The number of thiazole rings is 1. The summed E-state index contributed by atoms with van der Waals surface area (Å²) in [5.74, 6) is 0.486. The molecule has 1 fully saturated rings. The smallest absolute Gasteiger partial charge is 0.410 e. The minimum Gasteiger partial charge on any atom is -0.493 e. The third kappa shape index (κ3) is 4.09. The SMILES string of the molecule is CC(C)(C)OC(=O)N1CCC(Cc2nc(O)cs2)C1. The molecular weight excluding hydrogens is 264 g/mol. The summed E-state index contributed by atoms with van der Waals surface area (Å²) in [7, 11) is 0. The first-order valence-corrected chi connectivity index (χ1v) is 7.33. The molecule has 1 unspecified atom stereocenters. The summed E-state index contributed by atoms with van der Waals surface area (Å²) in [6.45, 7) is 7.05. The molecule has 0 spiro atoms. The summed E-state index contributed by atoms with van der Waals surface area (Å²) < 4.78 is 5.36. The zero-order chi connectivity index (χ0) is 14.0. The molecule has 1 aliphatic heterocycles. The van der Waals surface area contributed by atoms with E-state index in [1.165, 1.54) is 11.3 Å². The van der Waals surface area contributed by atoms with Gasteiger partial charge in [0.05, 0.1) is 10.4 Å². The van der Waals surface area contributed by atoms with Gasteiger partial charge in [0.15, 0.2) is 0 Å². The Hall–Kier alpha value is -1.30. The molecule has 0 aliphatic carbocycles. The Morgan fingerprint density at radius 1 is 1.63 bits per heavy atom. The molecule has 1 saturated heterocycles. The van der Waals surface area contributed by atoms with Gasteiger partial charge in [-0.2, -0.15) is 0 Å². The summed E-state index contributed by atoms with van der Waals surface area (Å²) in [5, 5.41) is 11.8. The third-order valence-corrected chi connectivity index (χ3v) is 3.80. The molecule has 106 valence electrons. The molecule has 2 heterocycles. The Morgan fingerprint density at radius 2 is 2.37 bits per heavy atom. The highest BCUT2D eigenvalue weighted by molar-refractivity contribution is 7.09. The number of nitrogens with zero attached hydrogens (tertiary/aromatic N) is 2. The fourth-order valence-electron chi connectivity index (χ4n) is 2.13. The van der Waals surface area contributed by atoms with E-state index in [2.05, 4.69) is 4.98 Å². The monoisotopic (exact) mass is 284 g/mol. The number of aromatic nitrogens is 1. The van der Waals surface area contributed by atoms with Crippen molar-refractivity contribution in [1.82, 2.24) is 9.88 Å². The summed E-state index contributed by atoms with van der Waals surface area (Å²) in [6, 6.07) is 0. The highest BCUT2D eigenvalue weighted by atomic mass is 32.1. The van der Waals surface area contributed by atoms with E-state index < -0.39 is 5.60 Å². The van der Waals surface area contributed by atoms with Crippen molar-refractivity contribution >= 4 is 17.4 Å². The lowest BCUT2D eigenvalue weighted by Gasteiger charge is -2.24. The van der Waals surface area contributed by atoms with Crippen LogP contribution in [-0.4, -0.2) is 39.8 Å². The van der Waals surface area contributed by atoms with Gasteiger partial charge in [0, 0.05) is 19.5 Å². The first kappa shape index (κ1) is 14.1. The number of likely N-dealkylation sites (tertiary alicyclic amines) is 1. The van der Waals surface area contributed by atoms with Crippen molar-refractivity contribution in [2.75, 3.05) is 13.1 Å². The Labute approximate surface area is 117 Å². The number of ether oxygens (including phenoxy) is 1. The van der Waals surface area contributed by atoms with E-state index in [1.54, 1.807) is 10.3 Å². The van der Waals surface area contributed by atoms with Crippen LogP contribution in [0.15, 0.2) is 5.38 Å². The van der Waals surface area contributed by atoms with Crippen LogP contribution < -0.4 is 0 Å². The van der Waals surface area contributed by atoms with Gasteiger partial charge in [0.25, 0.3) is 0 Å². The normalized spacial score (nSPS) is 19.7. The van der Waals surface area contributed by atoms with Crippen LogP contribution >= 0.6 is 11.3 Å². The van der Waals surface area contributed by atoms with E-state index in [1.807, 2.05) is 20.8 Å². The number of amides is 1. The summed E-state index contributed by atoms with van der Waals surface area (Å²) in [6.07, 6.45) is 1.53. The molecule has 2 rings (SSSR count). The second-order valence-corrected chi connectivity index (χ2v) is 6.83. The lowest BCUT2D eigenvalue weighted by atomic mass is 10.1. The van der Waals surface area contributed by atoms with Crippen LogP contribution in [0.4, 0.5) is 4.79 Å². The van der Waals surface area contributed by atoms with Crippen molar-refractivity contribution in [1.29, 1.82) is 0 Å². The molecule has 1 amide bonds. The molecule has 0 bridgehead atoms. The van der Waals surface area contributed by atoms with Crippen molar-refractivity contribution in [3.05, 3.63) is 10.4 Å². The second kappa shape index (κ2) is 5.36. The van der Waals surface area contributed by atoms with E-state index in [0.29, 0.717) is 12.5 Å². The number of hydrogen-bond donors (Lipinski definition) is 1. The van der Waals surface area contributed by atoms with Crippen LogP contribution in [0.3, 0.4) is 0 Å². The van der Waals surface area contributed by atoms with E-state index in [4.69, 9.17) is 4.74 Å². The molecule has 1 atom stereocenters. The Bertz CT molecular complexity index is 453. The first-order valence-electron chi connectivity index (χ1n) is 6.45. The molecule has 1 aromatic rings. The summed E-state index contributed by atoms with van der Waals surface area (Å²) in [4.78, 5) is 17.7. The summed E-state index contributed by atoms with van der Waals surface area (Å²) in [5.41, 5.74) is -0.448. The largest absolute Gasteiger partial charge is 0.493 e. The highest BCUT2D eigenvalue weighted by Gasteiger charge is 2.30. The highest BCUT2D eigenvalue weighted by Crippen LogP contribution is 2.25. The molecule has 1 aliphatic rings. The number of hydrogen-bond acceptors (Lipinski definition) is 5. The summed E-state index contributed by atoms with van der Waals surface area (Å²) >= 11 is 1.46. The molecule has 1 N–H and O–H groups in total. The quantitative estimate of drug-likeness (QED) is 0.907. The van der Waals surface area contributed by atoms with Crippen LogP contribution in [0.25, 0.3) is 0 Å². The van der Waals surface area contributed by atoms with Crippen LogP contribution in [0.1, 0.15) is 32.2 Å². The van der Waals surface area contributed by atoms with E-state index in [-0.39, 0.29) is 12.0 Å². The van der Waals surface area contributed by atoms with Crippen molar-refractivity contribution in [2.45, 2.75) is 39.2 Å². The van der Waals surface area contributed by atoms with Gasteiger partial charge in [-0.05, 0) is 33.1 Å². The van der Waals surface area contributed by atoms with Crippen molar-refractivity contribution in [3.8, 4) is 5.88 Å². The number of carbonyl (C=O) groups excluding carboxylic acids is 1. The Morgan fingerprint density at radius 3 is 2.95 bits per heavy atom. The Kier molecular flexibility index (Phi) is 3.99. The minimum absolute atomic E-state index is 0.0852. The van der Waals surface area contributed by atoms with Crippen molar-refractivity contribution < 1.29 is 14.6 Å². The second-order valence-electron chi connectivity index (χ2n) is 5.88. The van der Waals surface area contributed by atoms with E-state index in [9.17, 15) is 9.90 Å². The van der Waals surface area contributed by atoms with Gasteiger partial charge in [-0.3, -0.25) is 0 Å². The average molecular weight is 284 g/mol. The predicted molar refractivity (Wildman–Crippen MR) is 73.4 cm³/mol. The van der Waals surface area contributed by atoms with Crippen LogP contribution in [-0.2, 0) is 11.2 Å². The molecule has 1 aromatic heterocycles. The lowest BCUT2D eigenvalue weighted by Crippen LogP contribution is -2.35. The maximum atomic E-state index is 11.9. The third-order valence-electron chi connectivity index (χ3n) is 2.94. The average Bonchev–Trinajstić information content (AvgIpc) is 2.86. The van der Waals surface area contributed by atoms with Crippen LogP contribution in [0, 0.1) is 5.92 Å². The number of aromatic hydroxyl groups is 1. The molecule has 6 heteroatoms. The van der Waals surface area contributed by atoms with Gasteiger partial charge in [-0.25, -0.2) is 9.78 Å². The van der Waals surface area contributed by atoms with Crippen LogP contribution in [0.5, 0.6) is 5.88 Å². The maximum absolute atomic E-state index is 11.9. The minimum atomic E-state index is -0.448. The van der Waals surface area contributed by atoms with E-state index >= 15 is 0 Å². The topological polar surface area (TPSA) is 62.7 Å². The van der Waals surface area contributed by atoms with E-state index in [0.717, 1.165) is 24.4 Å². The zero-order valence-electron chi connectivity index (χ0n) is 11.5. The fraction of sp³-hybridized carbons (Fsp3) is 0.692. The van der Waals surface area contributed by atoms with Gasteiger partial charge in [0.1, 0.15) is 5.60 Å². The Balaban J connectivity index is 1.84. The molecule has 0 radical (unpaired) electrons. The number of carbonyl (C=O) groups is 1. The van der Waals surface area contributed by atoms with Crippen molar-refractivity contribution in [2.24, 2.45) is 5.92 Å². The van der Waals surface area contributed by atoms with Crippen molar-refractivity contribution in [3.63, 3.8) is 0 Å². The first-order chi connectivity index (χ1) is 8.83. The van der Waals surface area contributed by atoms with Gasteiger partial charge in [-0.15, -0.1) is 11.3 Å². The predicted octanol–water partition coefficient (Wildman–Crippen LogP) is 2.65. The van der Waals surface area contributed by atoms with Gasteiger partial charge in [0.2, 0.25) is 5.88 Å². The number of rotatable bonds is 2. The fourth-order valence-corrected chi connectivity index (χ4v) is 2.91.